The van der Waals surface area contributed by atoms with Crippen LogP contribution in [0, 0.1) is 19.7 Å². The van der Waals surface area contributed by atoms with Crippen molar-refractivity contribution in [3.63, 3.8) is 0 Å². The summed E-state index contributed by atoms with van der Waals surface area (Å²) < 4.78 is 13.6. The summed E-state index contributed by atoms with van der Waals surface area (Å²) in [5.41, 5.74) is 2.79. The van der Waals surface area contributed by atoms with E-state index in [9.17, 15) is 9.18 Å². The maximum Gasteiger partial charge on any atom is 0.237 e. The van der Waals surface area contributed by atoms with E-state index in [2.05, 4.69) is 9.88 Å². The highest BCUT2D eigenvalue weighted by Crippen LogP contribution is 2.25. The lowest BCUT2D eigenvalue weighted by atomic mass is 10.0. The van der Waals surface area contributed by atoms with Gasteiger partial charge in [-0.1, -0.05) is 12.1 Å². The third kappa shape index (κ3) is 4.75. The van der Waals surface area contributed by atoms with Gasteiger partial charge in [0.25, 0.3) is 0 Å². The number of amides is 1. The SMILES string of the molecule is Cc1nc(C)c(Cc2cccc(F)c2)c(N2CCCN(C(=O)CCl)CC2)n1. The largest absolute Gasteiger partial charge is 0.354 e. The van der Waals surface area contributed by atoms with E-state index in [4.69, 9.17) is 16.6 Å². The molecule has 1 amide bonds. The van der Waals surface area contributed by atoms with Gasteiger partial charge in [0.15, 0.2) is 0 Å². The van der Waals surface area contributed by atoms with Crippen LogP contribution in [-0.2, 0) is 11.2 Å². The number of aryl methyl sites for hydroxylation is 2. The Morgan fingerprint density at radius 1 is 1.19 bits per heavy atom. The minimum atomic E-state index is -0.246. The number of benzene rings is 1. The Morgan fingerprint density at radius 2 is 2.00 bits per heavy atom. The fourth-order valence-electron chi connectivity index (χ4n) is 3.50. The van der Waals surface area contributed by atoms with Crippen molar-refractivity contribution in [3.8, 4) is 0 Å². The Morgan fingerprint density at radius 3 is 2.74 bits per heavy atom. The Balaban J connectivity index is 1.89. The average molecular weight is 391 g/mol. The van der Waals surface area contributed by atoms with Gasteiger partial charge in [0.05, 0.1) is 0 Å². The lowest BCUT2D eigenvalue weighted by Crippen LogP contribution is -2.36. The highest BCUT2D eigenvalue weighted by atomic mass is 35.5. The Labute approximate surface area is 164 Å². The summed E-state index contributed by atoms with van der Waals surface area (Å²) in [4.78, 5) is 25.2. The van der Waals surface area contributed by atoms with Gasteiger partial charge in [-0.2, -0.15) is 0 Å². The second kappa shape index (κ2) is 8.65. The topological polar surface area (TPSA) is 49.3 Å². The molecule has 0 bridgehead atoms. The summed E-state index contributed by atoms with van der Waals surface area (Å²) >= 11 is 5.71. The number of hydrogen-bond donors (Lipinski definition) is 0. The zero-order valence-electron chi connectivity index (χ0n) is 15.7. The third-order valence-electron chi connectivity index (χ3n) is 4.84. The molecule has 0 aliphatic carbocycles. The first-order valence-electron chi connectivity index (χ1n) is 9.15. The van der Waals surface area contributed by atoms with Gasteiger partial charge in [-0.3, -0.25) is 4.79 Å². The molecule has 7 heteroatoms. The molecular weight excluding hydrogens is 367 g/mol. The van der Waals surface area contributed by atoms with Crippen LogP contribution in [0.5, 0.6) is 0 Å². The molecule has 0 radical (unpaired) electrons. The van der Waals surface area contributed by atoms with Crippen LogP contribution < -0.4 is 4.90 Å². The minimum absolute atomic E-state index is 0.0105. The lowest BCUT2D eigenvalue weighted by Gasteiger charge is -2.26. The van der Waals surface area contributed by atoms with E-state index in [0.29, 0.717) is 31.9 Å². The Hall–Kier alpha value is -2.21. The third-order valence-corrected chi connectivity index (χ3v) is 5.06. The molecule has 0 atom stereocenters. The van der Waals surface area contributed by atoms with Crippen molar-refractivity contribution in [2.45, 2.75) is 26.7 Å². The fraction of sp³-hybridized carbons (Fsp3) is 0.450. The van der Waals surface area contributed by atoms with E-state index >= 15 is 0 Å². The number of halogens is 2. The summed E-state index contributed by atoms with van der Waals surface area (Å²) in [6.07, 6.45) is 1.42. The smallest absolute Gasteiger partial charge is 0.237 e. The van der Waals surface area contributed by atoms with Gasteiger partial charge < -0.3 is 9.80 Å². The zero-order valence-corrected chi connectivity index (χ0v) is 16.5. The molecule has 27 heavy (non-hydrogen) atoms. The van der Waals surface area contributed by atoms with E-state index < -0.39 is 0 Å². The second-order valence-electron chi connectivity index (χ2n) is 6.82. The first kappa shape index (κ1) is 19.5. The Kier molecular flexibility index (Phi) is 6.26. The maximum absolute atomic E-state index is 13.6. The van der Waals surface area contributed by atoms with Crippen molar-refractivity contribution in [1.29, 1.82) is 0 Å². The average Bonchev–Trinajstić information content (AvgIpc) is 2.89. The highest BCUT2D eigenvalue weighted by Gasteiger charge is 2.22. The molecule has 1 aliphatic rings. The number of alkyl halides is 1. The normalized spacial score (nSPS) is 15.0. The number of carbonyl (C=O) groups excluding carboxylic acids is 1. The first-order valence-corrected chi connectivity index (χ1v) is 9.68. The van der Waals surface area contributed by atoms with Crippen LogP contribution in [0.4, 0.5) is 10.2 Å². The number of carbonyl (C=O) groups is 1. The number of hydrogen-bond acceptors (Lipinski definition) is 4. The van der Waals surface area contributed by atoms with Crippen LogP contribution in [-0.4, -0.2) is 52.8 Å². The van der Waals surface area contributed by atoms with Crippen LogP contribution in [0.2, 0.25) is 0 Å². The highest BCUT2D eigenvalue weighted by molar-refractivity contribution is 6.27. The van der Waals surface area contributed by atoms with Crippen molar-refractivity contribution >= 4 is 23.3 Å². The number of aromatic nitrogens is 2. The predicted molar refractivity (Wildman–Crippen MR) is 105 cm³/mol. The predicted octanol–water partition coefficient (Wildman–Crippen LogP) is 3.10. The molecule has 1 fully saturated rings. The summed E-state index contributed by atoms with van der Waals surface area (Å²) in [5.74, 6) is 1.32. The maximum atomic E-state index is 13.6. The molecule has 0 unspecified atom stereocenters. The van der Waals surface area contributed by atoms with Crippen LogP contribution >= 0.6 is 11.6 Å². The summed E-state index contributed by atoms with van der Waals surface area (Å²) in [7, 11) is 0. The summed E-state index contributed by atoms with van der Waals surface area (Å²) in [6.45, 7) is 6.65. The standard InChI is InChI=1S/C20H24ClFN4O/c1-14-18(12-16-5-3-6-17(22)11-16)20(24-15(2)23-14)26-8-4-7-25(9-10-26)19(27)13-21/h3,5-6,11H,4,7-10,12-13H2,1-2H3. The number of nitrogens with zero attached hydrogens (tertiary/aromatic N) is 4. The molecule has 0 N–H and O–H groups in total. The molecule has 1 aliphatic heterocycles. The molecule has 2 heterocycles. The van der Waals surface area contributed by atoms with Crippen LogP contribution in [0.3, 0.4) is 0 Å². The van der Waals surface area contributed by atoms with Crippen LogP contribution in [0.1, 0.15) is 29.1 Å². The summed E-state index contributed by atoms with van der Waals surface area (Å²) in [5, 5.41) is 0. The van der Waals surface area contributed by atoms with Gasteiger partial charge in [-0.05, 0) is 38.0 Å². The lowest BCUT2D eigenvalue weighted by molar-refractivity contribution is -0.128. The minimum Gasteiger partial charge on any atom is -0.354 e. The quantitative estimate of drug-likeness (QED) is 0.753. The van der Waals surface area contributed by atoms with E-state index in [-0.39, 0.29) is 17.6 Å². The molecule has 0 saturated carbocycles. The number of anilines is 1. The van der Waals surface area contributed by atoms with E-state index in [1.54, 1.807) is 17.0 Å². The van der Waals surface area contributed by atoms with Crippen molar-refractivity contribution in [3.05, 3.63) is 52.7 Å². The monoisotopic (exact) mass is 390 g/mol. The summed E-state index contributed by atoms with van der Waals surface area (Å²) in [6, 6.07) is 6.62. The number of rotatable bonds is 4. The van der Waals surface area contributed by atoms with Crippen molar-refractivity contribution in [2.75, 3.05) is 37.0 Å². The Bertz CT molecular complexity index is 830. The van der Waals surface area contributed by atoms with Gasteiger partial charge in [0.2, 0.25) is 5.91 Å². The molecular formula is C20H24ClFN4O. The second-order valence-corrected chi connectivity index (χ2v) is 7.09. The molecule has 0 spiro atoms. The molecule has 1 aromatic heterocycles. The van der Waals surface area contributed by atoms with Gasteiger partial charge >= 0.3 is 0 Å². The first-order chi connectivity index (χ1) is 13.0. The van der Waals surface area contributed by atoms with Crippen LogP contribution in [0.15, 0.2) is 24.3 Å². The van der Waals surface area contributed by atoms with E-state index in [1.807, 2.05) is 19.9 Å². The van der Waals surface area contributed by atoms with Crippen molar-refractivity contribution in [2.24, 2.45) is 0 Å². The van der Waals surface area contributed by atoms with Crippen LogP contribution in [0.25, 0.3) is 0 Å². The van der Waals surface area contributed by atoms with E-state index in [1.165, 1.54) is 6.07 Å². The van der Waals surface area contributed by atoms with Crippen molar-refractivity contribution in [1.82, 2.24) is 14.9 Å². The van der Waals surface area contributed by atoms with Gasteiger partial charge in [0, 0.05) is 43.9 Å². The van der Waals surface area contributed by atoms with Crippen molar-refractivity contribution < 1.29 is 9.18 Å². The van der Waals surface area contributed by atoms with Gasteiger partial charge in [0.1, 0.15) is 23.3 Å². The molecule has 144 valence electrons. The molecule has 2 aromatic rings. The molecule has 1 saturated heterocycles. The molecule has 1 aromatic carbocycles. The molecule has 3 rings (SSSR count). The van der Waals surface area contributed by atoms with Gasteiger partial charge in [-0.25, -0.2) is 14.4 Å². The molecule has 5 nitrogen and oxygen atoms in total. The van der Waals surface area contributed by atoms with Gasteiger partial charge in [-0.15, -0.1) is 11.6 Å². The fourth-order valence-corrected chi connectivity index (χ4v) is 3.67. The zero-order chi connectivity index (χ0) is 19.4. The van der Waals surface area contributed by atoms with E-state index in [0.717, 1.165) is 35.6 Å².